The van der Waals surface area contributed by atoms with Gasteiger partial charge in [-0.1, -0.05) is 19.9 Å². The van der Waals surface area contributed by atoms with Crippen molar-refractivity contribution in [3.8, 4) is 0 Å². The average Bonchev–Trinajstić information content (AvgIpc) is 2.34. The van der Waals surface area contributed by atoms with Crippen LogP contribution in [0.4, 0.5) is 4.39 Å². The van der Waals surface area contributed by atoms with Gasteiger partial charge in [-0.15, -0.1) is 0 Å². The van der Waals surface area contributed by atoms with Gasteiger partial charge in [0, 0.05) is 6.42 Å². The van der Waals surface area contributed by atoms with Crippen molar-refractivity contribution >= 4 is 5.78 Å². The van der Waals surface area contributed by atoms with Crippen LogP contribution in [-0.4, -0.2) is 5.78 Å². The molecule has 92 valence electrons. The highest BCUT2D eigenvalue weighted by molar-refractivity contribution is 5.99. The van der Waals surface area contributed by atoms with Crippen LogP contribution in [0.5, 0.6) is 0 Å². The van der Waals surface area contributed by atoms with E-state index in [9.17, 15) is 9.18 Å². The number of carbonyl (C=O) groups is 1. The Morgan fingerprint density at radius 1 is 1.29 bits per heavy atom. The summed E-state index contributed by atoms with van der Waals surface area (Å²) in [5, 5.41) is 0. The van der Waals surface area contributed by atoms with Crippen molar-refractivity contribution in [2.75, 3.05) is 0 Å². The van der Waals surface area contributed by atoms with Crippen LogP contribution in [0.25, 0.3) is 0 Å². The lowest BCUT2D eigenvalue weighted by Gasteiger charge is -2.38. The SMILES string of the molecule is CCC1(CC)CCC(=O)c2c(F)ccc(C)c21. The predicted molar refractivity (Wildman–Crippen MR) is 67.0 cm³/mol. The molecular formula is C15H19FO. The van der Waals surface area contributed by atoms with Gasteiger partial charge in [-0.05, 0) is 48.8 Å². The summed E-state index contributed by atoms with van der Waals surface area (Å²) in [5.74, 6) is -0.375. The average molecular weight is 234 g/mol. The number of hydrogen-bond donors (Lipinski definition) is 0. The van der Waals surface area contributed by atoms with E-state index in [0.717, 1.165) is 30.4 Å². The van der Waals surface area contributed by atoms with Crippen molar-refractivity contribution in [1.29, 1.82) is 0 Å². The summed E-state index contributed by atoms with van der Waals surface area (Å²) in [5.41, 5.74) is 2.38. The Morgan fingerprint density at radius 3 is 2.53 bits per heavy atom. The maximum absolute atomic E-state index is 13.9. The van der Waals surface area contributed by atoms with Crippen LogP contribution in [0.1, 0.15) is 61.0 Å². The molecule has 0 radical (unpaired) electrons. The highest BCUT2D eigenvalue weighted by Crippen LogP contribution is 2.44. The van der Waals surface area contributed by atoms with E-state index in [1.165, 1.54) is 6.07 Å². The molecule has 0 spiro atoms. The van der Waals surface area contributed by atoms with Gasteiger partial charge >= 0.3 is 0 Å². The molecule has 0 unspecified atom stereocenters. The fraction of sp³-hybridized carbons (Fsp3) is 0.533. The zero-order valence-electron chi connectivity index (χ0n) is 10.8. The standard InChI is InChI=1S/C15H19FO/c1-4-15(5-2)9-8-12(17)13-11(16)7-6-10(3)14(13)15/h6-7H,4-5,8-9H2,1-3H3. The molecular weight excluding hydrogens is 215 g/mol. The molecule has 0 aromatic heterocycles. The first kappa shape index (κ1) is 12.3. The van der Waals surface area contributed by atoms with Gasteiger partial charge in [0.25, 0.3) is 0 Å². The van der Waals surface area contributed by atoms with Crippen LogP contribution in [0, 0.1) is 12.7 Å². The number of fused-ring (bicyclic) bond motifs is 1. The van der Waals surface area contributed by atoms with Crippen molar-refractivity contribution < 1.29 is 9.18 Å². The molecule has 1 aliphatic carbocycles. The first-order chi connectivity index (χ1) is 8.05. The Labute approximate surface area is 102 Å². The van der Waals surface area contributed by atoms with E-state index in [4.69, 9.17) is 0 Å². The van der Waals surface area contributed by atoms with Gasteiger partial charge in [0.1, 0.15) is 5.82 Å². The normalized spacial score (nSPS) is 18.0. The zero-order chi connectivity index (χ0) is 12.6. The second-order valence-corrected chi connectivity index (χ2v) is 5.02. The molecule has 1 nitrogen and oxygen atoms in total. The largest absolute Gasteiger partial charge is 0.294 e. The lowest BCUT2D eigenvalue weighted by Crippen LogP contribution is -2.34. The number of ketones is 1. The third-order valence-corrected chi connectivity index (χ3v) is 4.36. The number of halogens is 1. The molecule has 0 saturated heterocycles. The Kier molecular flexibility index (Phi) is 3.07. The molecule has 0 fully saturated rings. The summed E-state index contributed by atoms with van der Waals surface area (Å²) in [4.78, 5) is 11.9. The third-order valence-electron chi connectivity index (χ3n) is 4.36. The number of hydrogen-bond acceptors (Lipinski definition) is 1. The van der Waals surface area contributed by atoms with E-state index in [-0.39, 0.29) is 17.0 Å². The van der Waals surface area contributed by atoms with Gasteiger partial charge in [-0.2, -0.15) is 0 Å². The Morgan fingerprint density at radius 2 is 1.94 bits per heavy atom. The molecule has 0 heterocycles. The quantitative estimate of drug-likeness (QED) is 0.750. The van der Waals surface area contributed by atoms with Gasteiger partial charge in [-0.25, -0.2) is 4.39 Å². The Balaban J connectivity index is 2.75. The highest BCUT2D eigenvalue weighted by Gasteiger charge is 2.39. The third kappa shape index (κ3) is 1.70. The van der Waals surface area contributed by atoms with Crippen molar-refractivity contribution in [1.82, 2.24) is 0 Å². The van der Waals surface area contributed by atoms with Crippen molar-refractivity contribution in [2.24, 2.45) is 0 Å². The molecule has 1 aliphatic rings. The monoisotopic (exact) mass is 234 g/mol. The van der Waals surface area contributed by atoms with Crippen LogP contribution in [0.2, 0.25) is 0 Å². The maximum Gasteiger partial charge on any atom is 0.166 e. The van der Waals surface area contributed by atoms with Gasteiger partial charge in [0.15, 0.2) is 5.78 Å². The number of rotatable bonds is 2. The van der Waals surface area contributed by atoms with Gasteiger partial charge < -0.3 is 0 Å². The second kappa shape index (κ2) is 4.25. The molecule has 0 N–H and O–H groups in total. The smallest absolute Gasteiger partial charge is 0.166 e. The molecule has 1 aromatic rings. The molecule has 17 heavy (non-hydrogen) atoms. The van der Waals surface area contributed by atoms with Crippen LogP contribution in [-0.2, 0) is 5.41 Å². The minimum Gasteiger partial charge on any atom is -0.294 e. The summed E-state index contributed by atoms with van der Waals surface area (Å²) in [6, 6.07) is 3.22. The summed E-state index contributed by atoms with van der Waals surface area (Å²) in [6.45, 7) is 6.25. The van der Waals surface area contributed by atoms with E-state index in [2.05, 4.69) is 13.8 Å². The first-order valence-corrected chi connectivity index (χ1v) is 6.38. The summed E-state index contributed by atoms with van der Waals surface area (Å²) in [6.07, 6.45) is 3.27. The van der Waals surface area contributed by atoms with Gasteiger partial charge in [-0.3, -0.25) is 4.79 Å². The van der Waals surface area contributed by atoms with E-state index in [1.54, 1.807) is 6.07 Å². The number of aryl methyl sites for hydroxylation is 1. The van der Waals surface area contributed by atoms with Crippen LogP contribution >= 0.6 is 0 Å². The maximum atomic E-state index is 13.9. The van der Waals surface area contributed by atoms with Gasteiger partial charge in [0.05, 0.1) is 5.56 Å². The molecule has 2 heteroatoms. The first-order valence-electron chi connectivity index (χ1n) is 6.38. The van der Waals surface area contributed by atoms with Crippen LogP contribution < -0.4 is 0 Å². The van der Waals surface area contributed by atoms with Crippen molar-refractivity contribution in [3.63, 3.8) is 0 Å². The van der Waals surface area contributed by atoms with E-state index in [0.29, 0.717) is 12.0 Å². The topological polar surface area (TPSA) is 17.1 Å². The van der Waals surface area contributed by atoms with Crippen molar-refractivity contribution in [2.45, 2.75) is 51.9 Å². The summed E-state index contributed by atoms with van der Waals surface area (Å²) in [7, 11) is 0. The molecule has 0 bridgehead atoms. The molecule has 2 rings (SSSR count). The van der Waals surface area contributed by atoms with Crippen LogP contribution in [0.15, 0.2) is 12.1 Å². The lowest BCUT2D eigenvalue weighted by atomic mass is 9.65. The predicted octanol–water partition coefficient (Wildman–Crippen LogP) is 4.17. The highest BCUT2D eigenvalue weighted by atomic mass is 19.1. The summed E-state index contributed by atoms with van der Waals surface area (Å²) < 4.78 is 13.9. The molecule has 0 aliphatic heterocycles. The molecule has 0 atom stereocenters. The van der Waals surface area contributed by atoms with E-state index >= 15 is 0 Å². The Hall–Kier alpha value is -1.18. The molecule has 0 saturated carbocycles. The van der Waals surface area contributed by atoms with Crippen molar-refractivity contribution in [3.05, 3.63) is 34.6 Å². The van der Waals surface area contributed by atoms with E-state index in [1.807, 2.05) is 6.92 Å². The summed E-state index contributed by atoms with van der Waals surface area (Å²) >= 11 is 0. The minimum absolute atomic E-state index is 0.00454. The zero-order valence-corrected chi connectivity index (χ0v) is 10.8. The molecule has 1 aromatic carbocycles. The van der Waals surface area contributed by atoms with Gasteiger partial charge in [0.2, 0.25) is 0 Å². The number of carbonyl (C=O) groups excluding carboxylic acids is 1. The minimum atomic E-state index is -0.346. The fourth-order valence-corrected chi connectivity index (χ4v) is 3.20. The number of benzene rings is 1. The lowest BCUT2D eigenvalue weighted by molar-refractivity contribution is 0.0943. The fourth-order valence-electron chi connectivity index (χ4n) is 3.20. The second-order valence-electron chi connectivity index (χ2n) is 5.02. The van der Waals surface area contributed by atoms with E-state index < -0.39 is 0 Å². The van der Waals surface area contributed by atoms with Crippen LogP contribution in [0.3, 0.4) is 0 Å². The Bertz CT molecular complexity index is 458. The molecule has 0 amide bonds. The number of Topliss-reactive ketones (excluding diaryl/α,β-unsaturated/α-hetero) is 1.